The van der Waals surface area contributed by atoms with Crippen LogP contribution in [0.3, 0.4) is 0 Å². The molecule has 0 amide bonds. The van der Waals surface area contributed by atoms with Gasteiger partial charge in [0.05, 0.1) is 0 Å². The fraction of sp³-hybridized carbons (Fsp3) is 0.105. The summed E-state index contributed by atoms with van der Waals surface area (Å²) in [6.45, 7) is 0. The summed E-state index contributed by atoms with van der Waals surface area (Å²) < 4.78 is 40.9. The maximum atomic E-state index is 12.7. The minimum atomic E-state index is -2.52. The fourth-order valence-corrected chi connectivity index (χ4v) is 1.98. The molecule has 0 heterocycles. The number of nitrogens with zero attached hydrogens (tertiary/aromatic N) is 1. The first-order valence-electron chi connectivity index (χ1n) is 7.35. The molecule has 0 unspecified atom stereocenters. The van der Waals surface area contributed by atoms with Crippen LogP contribution in [0.15, 0.2) is 66.7 Å². The molecule has 25 heavy (non-hydrogen) atoms. The highest BCUT2D eigenvalue weighted by molar-refractivity contribution is 6.06. The van der Waals surface area contributed by atoms with E-state index in [0.29, 0.717) is 11.1 Å². The minimum Gasteiger partial charge on any atom is -0.428 e. The van der Waals surface area contributed by atoms with Crippen molar-refractivity contribution in [3.05, 3.63) is 77.8 Å². The SMILES string of the molecule is CN(C)c1ccc(C(=O)C=Cc2ccc(OC(F)=C(F)F)cc2)cc1. The summed E-state index contributed by atoms with van der Waals surface area (Å²) in [4.78, 5) is 14.1. The van der Waals surface area contributed by atoms with Crippen LogP contribution in [-0.2, 0) is 0 Å². The number of rotatable bonds is 6. The molecule has 0 atom stereocenters. The third-order valence-corrected chi connectivity index (χ3v) is 3.33. The van der Waals surface area contributed by atoms with Gasteiger partial charge in [-0.1, -0.05) is 18.2 Å². The lowest BCUT2D eigenvalue weighted by atomic mass is 10.1. The Balaban J connectivity index is 2.03. The van der Waals surface area contributed by atoms with Crippen molar-refractivity contribution in [1.82, 2.24) is 0 Å². The fourth-order valence-electron chi connectivity index (χ4n) is 1.98. The quantitative estimate of drug-likeness (QED) is 0.415. The van der Waals surface area contributed by atoms with Crippen LogP contribution < -0.4 is 9.64 Å². The molecule has 0 aliphatic heterocycles. The first-order chi connectivity index (χ1) is 11.9. The lowest BCUT2D eigenvalue weighted by Gasteiger charge is -2.11. The van der Waals surface area contributed by atoms with E-state index in [2.05, 4.69) is 4.74 Å². The molecular weight excluding hydrogens is 331 g/mol. The summed E-state index contributed by atoms with van der Waals surface area (Å²) in [6.07, 6.45) is 0.464. The van der Waals surface area contributed by atoms with Crippen LogP contribution in [0.4, 0.5) is 18.9 Å². The Labute approximate surface area is 143 Å². The van der Waals surface area contributed by atoms with Crippen LogP contribution in [-0.4, -0.2) is 19.9 Å². The number of hydrogen-bond donors (Lipinski definition) is 0. The van der Waals surface area contributed by atoms with Crippen LogP contribution >= 0.6 is 0 Å². The number of ether oxygens (including phenoxy) is 1. The van der Waals surface area contributed by atoms with E-state index in [9.17, 15) is 18.0 Å². The van der Waals surface area contributed by atoms with E-state index in [1.165, 1.54) is 30.3 Å². The lowest BCUT2D eigenvalue weighted by molar-refractivity contribution is 0.104. The molecule has 0 spiro atoms. The van der Waals surface area contributed by atoms with Crippen molar-refractivity contribution in [2.75, 3.05) is 19.0 Å². The lowest BCUT2D eigenvalue weighted by Crippen LogP contribution is -2.08. The van der Waals surface area contributed by atoms with Crippen LogP contribution in [0.2, 0.25) is 0 Å². The van der Waals surface area contributed by atoms with Crippen molar-refractivity contribution in [1.29, 1.82) is 0 Å². The first kappa shape index (κ1) is 18.3. The average Bonchev–Trinajstić information content (AvgIpc) is 2.60. The number of benzene rings is 2. The maximum Gasteiger partial charge on any atom is 0.344 e. The number of carbonyl (C=O) groups excluding carboxylic acids is 1. The summed E-state index contributed by atoms with van der Waals surface area (Å²) in [7, 11) is 3.82. The molecule has 0 aliphatic rings. The molecule has 6 heteroatoms. The van der Waals surface area contributed by atoms with Gasteiger partial charge in [0, 0.05) is 25.3 Å². The monoisotopic (exact) mass is 347 g/mol. The Kier molecular flexibility index (Phi) is 6.00. The number of carbonyl (C=O) groups is 1. The number of allylic oxidation sites excluding steroid dienone is 1. The Morgan fingerprint density at radius 1 is 0.960 bits per heavy atom. The number of hydrogen-bond acceptors (Lipinski definition) is 3. The van der Waals surface area contributed by atoms with Crippen LogP contribution in [0, 0.1) is 0 Å². The zero-order chi connectivity index (χ0) is 18.4. The second kappa shape index (κ2) is 8.19. The van der Waals surface area contributed by atoms with E-state index >= 15 is 0 Å². The van der Waals surface area contributed by atoms with Gasteiger partial charge in [0.25, 0.3) is 0 Å². The van der Waals surface area contributed by atoms with Crippen molar-refractivity contribution < 1.29 is 22.7 Å². The molecule has 0 fully saturated rings. The average molecular weight is 347 g/mol. The second-order valence-corrected chi connectivity index (χ2v) is 5.34. The van der Waals surface area contributed by atoms with Gasteiger partial charge in [0.2, 0.25) is 0 Å². The molecule has 0 radical (unpaired) electrons. The predicted molar refractivity (Wildman–Crippen MR) is 91.6 cm³/mol. The molecule has 0 aromatic heterocycles. The van der Waals surface area contributed by atoms with Gasteiger partial charge in [0.15, 0.2) is 5.78 Å². The van der Waals surface area contributed by atoms with E-state index < -0.39 is 12.1 Å². The molecule has 0 aliphatic carbocycles. The van der Waals surface area contributed by atoms with Crippen LogP contribution in [0.25, 0.3) is 6.08 Å². The smallest absolute Gasteiger partial charge is 0.344 e. The molecule has 3 nitrogen and oxygen atoms in total. The Morgan fingerprint density at radius 3 is 2.08 bits per heavy atom. The summed E-state index contributed by atoms with van der Waals surface area (Å²) >= 11 is 0. The van der Waals surface area contributed by atoms with Crippen molar-refractivity contribution in [3.63, 3.8) is 0 Å². The molecule has 2 rings (SSSR count). The molecular formula is C19H16F3NO2. The molecule has 0 saturated carbocycles. The van der Waals surface area contributed by atoms with E-state index in [1.54, 1.807) is 18.2 Å². The van der Waals surface area contributed by atoms with Gasteiger partial charge >= 0.3 is 12.1 Å². The molecule has 2 aromatic rings. The summed E-state index contributed by atoms with van der Waals surface area (Å²) in [5.74, 6) is -0.229. The zero-order valence-corrected chi connectivity index (χ0v) is 13.7. The number of anilines is 1. The molecule has 2 aromatic carbocycles. The van der Waals surface area contributed by atoms with E-state index in [-0.39, 0.29) is 11.5 Å². The largest absolute Gasteiger partial charge is 0.428 e. The third-order valence-electron chi connectivity index (χ3n) is 3.33. The number of halogens is 3. The van der Waals surface area contributed by atoms with Crippen molar-refractivity contribution in [2.45, 2.75) is 0 Å². The summed E-state index contributed by atoms with van der Waals surface area (Å²) in [5.41, 5.74) is 2.19. The van der Waals surface area contributed by atoms with E-state index in [1.807, 2.05) is 31.1 Å². The predicted octanol–water partition coefficient (Wildman–Crippen LogP) is 5.06. The second-order valence-electron chi connectivity index (χ2n) is 5.34. The van der Waals surface area contributed by atoms with Crippen molar-refractivity contribution in [2.24, 2.45) is 0 Å². The van der Waals surface area contributed by atoms with E-state index in [0.717, 1.165) is 5.69 Å². The molecule has 0 saturated heterocycles. The van der Waals surface area contributed by atoms with Gasteiger partial charge in [-0.2, -0.15) is 13.2 Å². The number of ketones is 1. The third kappa shape index (κ3) is 5.24. The van der Waals surface area contributed by atoms with Gasteiger partial charge in [0.1, 0.15) is 5.75 Å². The van der Waals surface area contributed by atoms with Crippen LogP contribution in [0.5, 0.6) is 5.75 Å². The Hall–Kier alpha value is -3.02. The van der Waals surface area contributed by atoms with Crippen molar-refractivity contribution >= 4 is 17.5 Å². The molecule has 0 N–H and O–H groups in total. The standard InChI is InChI=1S/C19H16F3NO2/c1-23(2)15-8-6-14(7-9-15)17(24)12-5-13-3-10-16(11-4-13)25-19(22)18(20)21/h3-12H,1-2H3. The van der Waals surface area contributed by atoms with Crippen LogP contribution in [0.1, 0.15) is 15.9 Å². The Morgan fingerprint density at radius 2 is 1.56 bits per heavy atom. The summed E-state index contributed by atoms with van der Waals surface area (Å²) in [5, 5.41) is 0. The maximum absolute atomic E-state index is 12.7. The van der Waals surface area contributed by atoms with Gasteiger partial charge in [-0.3, -0.25) is 4.79 Å². The highest BCUT2D eigenvalue weighted by Gasteiger charge is 2.07. The van der Waals surface area contributed by atoms with Crippen molar-refractivity contribution in [3.8, 4) is 5.75 Å². The van der Waals surface area contributed by atoms with Gasteiger partial charge in [-0.25, -0.2) is 0 Å². The van der Waals surface area contributed by atoms with E-state index in [4.69, 9.17) is 0 Å². The highest BCUT2D eigenvalue weighted by atomic mass is 19.3. The zero-order valence-electron chi connectivity index (χ0n) is 13.7. The van der Waals surface area contributed by atoms with Gasteiger partial charge < -0.3 is 9.64 Å². The van der Waals surface area contributed by atoms with Gasteiger partial charge in [-0.15, -0.1) is 0 Å². The molecule has 130 valence electrons. The normalized spacial score (nSPS) is 10.6. The minimum absolute atomic E-state index is 0.0620. The first-order valence-corrected chi connectivity index (χ1v) is 7.35. The topological polar surface area (TPSA) is 29.5 Å². The van der Waals surface area contributed by atoms with Gasteiger partial charge in [-0.05, 0) is 48.0 Å². The Bertz CT molecular complexity index is 790. The summed E-state index contributed by atoms with van der Waals surface area (Å²) in [6, 6.07) is 10.9. The molecule has 0 bridgehead atoms. The highest BCUT2D eigenvalue weighted by Crippen LogP contribution is 2.19.